The number of thiophene rings is 1. The highest BCUT2D eigenvalue weighted by Gasteiger charge is 2.23. The number of benzene rings is 9. The Kier molecular flexibility index (Phi) is 10.3. The number of allylic oxidation sites excluding steroid dienone is 4. The molecule has 0 N–H and O–H groups in total. The van der Waals surface area contributed by atoms with Gasteiger partial charge in [-0.3, -0.25) is 0 Å². The highest BCUT2D eigenvalue weighted by atomic mass is 32.1. The average Bonchev–Trinajstić information content (AvgIpc) is 3.73. The fourth-order valence-corrected chi connectivity index (χ4v) is 10.2. The molecule has 0 aliphatic heterocycles. The van der Waals surface area contributed by atoms with Gasteiger partial charge in [-0.15, -0.1) is 11.3 Å². The Hall–Kier alpha value is -7.72. The van der Waals surface area contributed by atoms with Crippen LogP contribution in [0.15, 0.2) is 248 Å². The van der Waals surface area contributed by atoms with Gasteiger partial charge in [0.05, 0.1) is 5.69 Å². The fourth-order valence-electron chi connectivity index (χ4n) is 9.12. The summed E-state index contributed by atoms with van der Waals surface area (Å²) in [5, 5.41) is 2.56. The first-order valence-corrected chi connectivity index (χ1v) is 22.5. The lowest BCUT2D eigenvalue weighted by atomic mass is 9.93. The first-order valence-electron chi connectivity index (χ1n) is 21.7. The molecule has 0 atom stereocenters. The Morgan fingerprint density at radius 3 is 1.44 bits per heavy atom. The highest BCUT2D eigenvalue weighted by molar-refractivity contribution is 7.25. The molecular weight excluding hydrogens is 781 g/mol. The second-order valence-electron chi connectivity index (χ2n) is 16.0. The summed E-state index contributed by atoms with van der Waals surface area (Å²) < 4.78 is 2.58. The van der Waals surface area contributed by atoms with Crippen molar-refractivity contribution in [2.24, 2.45) is 0 Å². The van der Waals surface area contributed by atoms with E-state index >= 15 is 0 Å². The Balaban J connectivity index is 1.03. The molecule has 0 fully saturated rings. The number of para-hydroxylation sites is 3. The molecule has 1 aliphatic rings. The second-order valence-corrected chi connectivity index (χ2v) is 17.1. The van der Waals surface area contributed by atoms with Crippen molar-refractivity contribution in [2.75, 3.05) is 9.80 Å². The van der Waals surface area contributed by atoms with Crippen molar-refractivity contribution >= 4 is 65.5 Å². The number of nitrogens with zero attached hydrogens (tertiary/aromatic N) is 2. The minimum absolute atomic E-state index is 0.936. The molecule has 0 radical (unpaired) electrons. The molecular formula is C60H44N2S. The van der Waals surface area contributed by atoms with Gasteiger partial charge in [0.2, 0.25) is 0 Å². The molecule has 0 unspecified atom stereocenters. The minimum atomic E-state index is 0.936. The van der Waals surface area contributed by atoms with Crippen molar-refractivity contribution in [3.8, 4) is 33.4 Å². The van der Waals surface area contributed by atoms with E-state index < -0.39 is 0 Å². The summed E-state index contributed by atoms with van der Waals surface area (Å²) in [5.74, 6) is 0. The van der Waals surface area contributed by atoms with Crippen LogP contribution < -0.4 is 9.80 Å². The smallest absolute Gasteiger partial charge is 0.0540 e. The van der Waals surface area contributed by atoms with Gasteiger partial charge in [-0.1, -0.05) is 164 Å². The van der Waals surface area contributed by atoms with E-state index in [9.17, 15) is 0 Å². The maximum Gasteiger partial charge on any atom is 0.0540 e. The van der Waals surface area contributed by atoms with Crippen LogP contribution in [0.5, 0.6) is 0 Å². The molecule has 0 saturated heterocycles. The number of hydrogen-bond acceptors (Lipinski definition) is 3. The molecule has 63 heavy (non-hydrogen) atoms. The van der Waals surface area contributed by atoms with Gasteiger partial charge in [-0.25, -0.2) is 0 Å². The maximum atomic E-state index is 2.48. The summed E-state index contributed by atoms with van der Waals surface area (Å²) in [6.45, 7) is 0. The predicted molar refractivity (Wildman–Crippen MR) is 271 cm³/mol. The molecule has 300 valence electrons. The summed E-state index contributed by atoms with van der Waals surface area (Å²) in [6.07, 6.45) is 6.61. The van der Waals surface area contributed by atoms with Crippen LogP contribution in [0.1, 0.15) is 18.4 Å². The van der Waals surface area contributed by atoms with E-state index in [1.54, 1.807) is 0 Å². The number of hydrogen-bond donors (Lipinski definition) is 0. The van der Waals surface area contributed by atoms with E-state index in [1.807, 2.05) is 11.3 Å². The van der Waals surface area contributed by atoms with Crippen LogP contribution in [0.4, 0.5) is 28.4 Å². The first kappa shape index (κ1) is 38.2. The van der Waals surface area contributed by atoms with E-state index in [-0.39, 0.29) is 0 Å². The molecule has 3 heteroatoms. The van der Waals surface area contributed by atoms with E-state index in [0.717, 1.165) is 41.3 Å². The lowest BCUT2D eigenvalue weighted by molar-refractivity contribution is 0.924. The molecule has 10 aromatic rings. The molecule has 1 aliphatic carbocycles. The first-order chi connectivity index (χ1) is 31.2. The van der Waals surface area contributed by atoms with Gasteiger partial charge in [-0.2, -0.15) is 0 Å². The molecule has 0 spiro atoms. The van der Waals surface area contributed by atoms with Crippen LogP contribution in [0.2, 0.25) is 0 Å². The van der Waals surface area contributed by atoms with Crippen molar-refractivity contribution < 1.29 is 0 Å². The van der Waals surface area contributed by atoms with Crippen molar-refractivity contribution in [1.82, 2.24) is 0 Å². The molecule has 0 saturated carbocycles. The van der Waals surface area contributed by atoms with Gasteiger partial charge >= 0.3 is 0 Å². The maximum absolute atomic E-state index is 2.48. The summed E-state index contributed by atoms with van der Waals surface area (Å²) in [4.78, 5) is 4.87. The molecule has 0 bridgehead atoms. The highest BCUT2D eigenvalue weighted by Crippen LogP contribution is 2.45. The Labute approximate surface area is 373 Å². The third-order valence-electron chi connectivity index (χ3n) is 12.1. The van der Waals surface area contributed by atoms with Gasteiger partial charge in [0.15, 0.2) is 0 Å². The lowest BCUT2D eigenvalue weighted by Gasteiger charge is -2.31. The quantitative estimate of drug-likeness (QED) is 0.136. The standard InChI is InChI=1S/C60H44N2S/c1-5-19-43(20-6-1)45-23-17-29-51(39-45)61(49-25-9-3-10-26-49)57-33-15-13-31-53(57)47-35-37-59-55(41-47)56-42-48(36-38-60(56)63-59)54-32-14-16-34-58(54)62(50-27-11-4-12-28-50)52-30-18-24-46(40-52)44-21-7-2-8-22-44/h1-15,17-33,35-42H,16,34H2. The Morgan fingerprint density at radius 1 is 0.349 bits per heavy atom. The predicted octanol–water partition coefficient (Wildman–Crippen LogP) is 17.4. The fraction of sp³-hybridized carbons (Fsp3) is 0.0333. The zero-order valence-corrected chi connectivity index (χ0v) is 35.6. The number of rotatable bonds is 10. The molecule has 1 heterocycles. The lowest BCUT2D eigenvalue weighted by Crippen LogP contribution is -2.19. The molecule has 0 amide bonds. The van der Waals surface area contributed by atoms with Gasteiger partial charge in [0, 0.05) is 59.8 Å². The van der Waals surface area contributed by atoms with Gasteiger partial charge < -0.3 is 9.80 Å². The van der Waals surface area contributed by atoms with Crippen molar-refractivity contribution in [3.63, 3.8) is 0 Å². The summed E-state index contributed by atoms with van der Waals surface area (Å²) >= 11 is 1.87. The summed E-state index contributed by atoms with van der Waals surface area (Å²) in [5.41, 5.74) is 16.7. The minimum Gasteiger partial charge on any atom is -0.314 e. The van der Waals surface area contributed by atoms with Crippen molar-refractivity contribution in [3.05, 3.63) is 254 Å². The van der Waals surface area contributed by atoms with Crippen molar-refractivity contribution in [2.45, 2.75) is 12.8 Å². The SMILES string of the molecule is C1=CC(c2ccc3sc4ccc(-c5ccccc5N(c5ccccc5)c5cccc(-c6ccccc6)c5)cc4c3c2)=C(N(c2ccccc2)c2cccc(-c3ccccc3)c2)CC1. The van der Waals surface area contributed by atoms with Gasteiger partial charge in [0.25, 0.3) is 0 Å². The molecule has 11 rings (SSSR count). The zero-order chi connectivity index (χ0) is 42.0. The van der Waals surface area contributed by atoms with Crippen LogP contribution in [-0.4, -0.2) is 0 Å². The zero-order valence-electron chi connectivity index (χ0n) is 34.8. The number of fused-ring (bicyclic) bond motifs is 3. The Bertz CT molecular complexity index is 3280. The van der Waals surface area contributed by atoms with E-state index in [1.165, 1.54) is 70.4 Å². The van der Waals surface area contributed by atoms with Crippen LogP contribution >= 0.6 is 11.3 Å². The summed E-state index contributed by atoms with van der Waals surface area (Å²) in [7, 11) is 0. The average molecular weight is 825 g/mol. The Morgan fingerprint density at radius 2 is 0.825 bits per heavy atom. The van der Waals surface area contributed by atoms with Crippen molar-refractivity contribution in [1.29, 1.82) is 0 Å². The summed E-state index contributed by atoms with van der Waals surface area (Å²) in [6, 6.07) is 83.7. The topological polar surface area (TPSA) is 6.48 Å². The third kappa shape index (κ3) is 7.54. The van der Waals surface area contributed by atoms with E-state index in [4.69, 9.17) is 0 Å². The van der Waals surface area contributed by atoms with Crippen LogP contribution in [0.25, 0.3) is 59.1 Å². The van der Waals surface area contributed by atoms with Crippen LogP contribution in [0.3, 0.4) is 0 Å². The molecule has 1 aromatic heterocycles. The van der Waals surface area contributed by atoms with Gasteiger partial charge in [-0.05, 0) is 125 Å². The van der Waals surface area contributed by atoms with Crippen LogP contribution in [-0.2, 0) is 0 Å². The largest absolute Gasteiger partial charge is 0.314 e. The second kappa shape index (κ2) is 17.0. The normalized spacial score (nSPS) is 12.5. The molecule has 9 aromatic carbocycles. The number of anilines is 5. The monoisotopic (exact) mass is 824 g/mol. The molecule has 2 nitrogen and oxygen atoms in total. The van der Waals surface area contributed by atoms with E-state index in [0.29, 0.717) is 0 Å². The van der Waals surface area contributed by atoms with Crippen LogP contribution in [0, 0.1) is 0 Å². The van der Waals surface area contributed by atoms with Gasteiger partial charge in [0.1, 0.15) is 0 Å². The third-order valence-corrected chi connectivity index (χ3v) is 13.3. The van der Waals surface area contributed by atoms with E-state index in [2.05, 4.69) is 252 Å².